The molecule has 1 N–H and O–H groups in total. The Morgan fingerprint density at radius 2 is 1.71 bits per heavy atom. The van der Waals surface area contributed by atoms with Crippen molar-refractivity contribution >= 4 is 17.1 Å². The van der Waals surface area contributed by atoms with Crippen molar-refractivity contribution in [3.63, 3.8) is 0 Å². The van der Waals surface area contributed by atoms with Crippen molar-refractivity contribution in [2.24, 2.45) is 0 Å². The Morgan fingerprint density at radius 3 is 2.29 bits per heavy atom. The number of carbonyl (C=O) groups is 1. The Morgan fingerprint density at radius 1 is 1.03 bits per heavy atom. The molecule has 2 aromatic rings. The summed E-state index contributed by atoms with van der Waals surface area (Å²) in [7, 11) is 0. The number of piperidine rings is 1. The minimum absolute atomic E-state index is 0.0876. The standard InChI is InChI=1S/C22H35N5O4/c1-5-7-12-25-20-19(24(11-6-2)17(14-28)23-20)21(30)26(22(25)31)13-18(29)27-15(3)9-8-10-16(27)4/h15-16,28H,5-14H2,1-4H3. The quantitative estimate of drug-likeness (QED) is 0.684. The molecule has 2 atom stereocenters. The number of hydrogen-bond donors (Lipinski definition) is 1. The smallest absolute Gasteiger partial charge is 0.333 e. The molecule has 2 unspecified atom stereocenters. The number of likely N-dealkylation sites (tertiary alicyclic amines) is 1. The molecule has 0 radical (unpaired) electrons. The maximum absolute atomic E-state index is 13.4. The summed E-state index contributed by atoms with van der Waals surface area (Å²) in [4.78, 5) is 46.1. The van der Waals surface area contributed by atoms with Gasteiger partial charge in [0, 0.05) is 25.2 Å². The number of aryl methyl sites for hydroxylation is 2. The van der Waals surface area contributed by atoms with Crippen molar-refractivity contribution in [2.75, 3.05) is 0 Å². The van der Waals surface area contributed by atoms with Crippen LogP contribution < -0.4 is 11.2 Å². The molecule has 3 heterocycles. The van der Waals surface area contributed by atoms with E-state index >= 15 is 0 Å². The Labute approximate surface area is 182 Å². The largest absolute Gasteiger partial charge is 0.388 e. The third kappa shape index (κ3) is 4.33. The van der Waals surface area contributed by atoms with Crippen LogP contribution in [0.15, 0.2) is 9.59 Å². The van der Waals surface area contributed by atoms with Gasteiger partial charge in [-0.05, 0) is 46.0 Å². The van der Waals surface area contributed by atoms with Gasteiger partial charge < -0.3 is 14.6 Å². The summed E-state index contributed by atoms with van der Waals surface area (Å²) in [5.74, 6) is 0.158. The van der Waals surface area contributed by atoms with Gasteiger partial charge in [0.2, 0.25) is 5.91 Å². The maximum atomic E-state index is 13.4. The predicted octanol–water partition coefficient (Wildman–Crippen LogP) is 1.85. The molecule has 0 aliphatic carbocycles. The Bertz CT molecular complexity index is 1040. The summed E-state index contributed by atoms with van der Waals surface area (Å²) >= 11 is 0. The van der Waals surface area contributed by atoms with Gasteiger partial charge in [0.1, 0.15) is 19.0 Å². The fourth-order valence-corrected chi connectivity index (χ4v) is 4.71. The molecular formula is C22H35N5O4. The Kier molecular flexibility index (Phi) is 7.35. The van der Waals surface area contributed by atoms with Crippen LogP contribution in [0.3, 0.4) is 0 Å². The van der Waals surface area contributed by atoms with Crippen molar-refractivity contribution in [2.45, 2.75) is 105 Å². The molecule has 2 aromatic heterocycles. The van der Waals surface area contributed by atoms with E-state index in [-0.39, 0.29) is 36.7 Å². The minimum Gasteiger partial charge on any atom is -0.388 e. The van der Waals surface area contributed by atoms with Crippen LogP contribution in [-0.2, 0) is 31.0 Å². The molecule has 9 nitrogen and oxygen atoms in total. The van der Waals surface area contributed by atoms with E-state index in [1.165, 1.54) is 4.57 Å². The molecular weight excluding hydrogens is 398 g/mol. The van der Waals surface area contributed by atoms with E-state index < -0.39 is 11.2 Å². The number of amides is 1. The van der Waals surface area contributed by atoms with Gasteiger partial charge in [-0.25, -0.2) is 14.3 Å². The van der Waals surface area contributed by atoms with E-state index in [1.54, 1.807) is 4.57 Å². The van der Waals surface area contributed by atoms with Crippen LogP contribution in [-0.4, -0.2) is 46.7 Å². The summed E-state index contributed by atoms with van der Waals surface area (Å²) in [6.45, 7) is 8.34. The second kappa shape index (κ2) is 9.80. The normalized spacial score (nSPS) is 19.3. The summed E-state index contributed by atoms with van der Waals surface area (Å²) in [6.07, 6.45) is 5.28. The second-order valence-electron chi connectivity index (χ2n) is 8.62. The van der Waals surface area contributed by atoms with Crippen molar-refractivity contribution in [3.8, 4) is 0 Å². The molecule has 0 spiro atoms. The Hall–Kier alpha value is -2.42. The number of aliphatic hydroxyl groups excluding tert-OH is 1. The number of aliphatic hydroxyl groups is 1. The zero-order chi connectivity index (χ0) is 22.7. The second-order valence-corrected chi connectivity index (χ2v) is 8.62. The van der Waals surface area contributed by atoms with Crippen molar-refractivity contribution in [3.05, 3.63) is 26.7 Å². The highest BCUT2D eigenvalue weighted by molar-refractivity contribution is 5.77. The van der Waals surface area contributed by atoms with Gasteiger partial charge in [-0.3, -0.25) is 14.2 Å². The van der Waals surface area contributed by atoms with Gasteiger partial charge in [0.15, 0.2) is 11.2 Å². The van der Waals surface area contributed by atoms with Gasteiger partial charge >= 0.3 is 5.69 Å². The number of fused-ring (bicyclic) bond motifs is 1. The third-order valence-corrected chi connectivity index (χ3v) is 6.29. The van der Waals surface area contributed by atoms with E-state index in [2.05, 4.69) is 4.98 Å². The molecule has 1 aliphatic heterocycles. The van der Waals surface area contributed by atoms with Gasteiger partial charge in [-0.1, -0.05) is 20.3 Å². The molecule has 1 fully saturated rings. The SMILES string of the molecule is CCCCn1c(=O)n(CC(=O)N2C(C)CCCC2C)c(=O)c2c1nc(CO)n2CCC. The molecule has 0 bridgehead atoms. The molecule has 0 saturated carbocycles. The molecule has 1 aliphatic rings. The average Bonchev–Trinajstić information content (AvgIpc) is 3.09. The molecule has 0 aromatic carbocycles. The van der Waals surface area contributed by atoms with Gasteiger partial charge in [-0.2, -0.15) is 0 Å². The number of nitrogens with zero attached hydrogens (tertiary/aromatic N) is 5. The lowest BCUT2D eigenvalue weighted by atomic mass is 9.97. The van der Waals surface area contributed by atoms with Crippen molar-refractivity contribution < 1.29 is 9.90 Å². The number of unbranched alkanes of at least 4 members (excludes halogenated alkanes) is 1. The number of imidazole rings is 1. The first-order chi connectivity index (χ1) is 14.8. The van der Waals surface area contributed by atoms with E-state index in [1.807, 2.05) is 32.6 Å². The van der Waals surface area contributed by atoms with Crippen LogP contribution in [0.5, 0.6) is 0 Å². The number of carbonyl (C=O) groups excluding carboxylic acids is 1. The van der Waals surface area contributed by atoms with Crippen LogP contribution in [0.1, 0.15) is 72.0 Å². The van der Waals surface area contributed by atoms with Crippen LogP contribution >= 0.6 is 0 Å². The van der Waals surface area contributed by atoms with Crippen molar-refractivity contribution in [1.29, 1.82) is 0 Å². The lowest BCUT2D eigenvalue weighted by Gasteiger charge is -2.39. The van der Waals surface area contributed by atoms with E-state index in [9.17, 15) is 19.5 Å². The first kappa shape index (κ1) is 23.2. The molecule has 172 valence electrons. The topological polar surface area (TPSA) is 102 Å². The van der Waals surface area contributed by atoms with Crippen LogP contribution in [0.2, 0.25) is 0 Å². The zero-order valence-corrected chi connectivity index (χ0v) is 19.1. The van der Waals surface area contributed by atoms with Gasteiger partial charge in [-0.15, -0.1) is 0 Å². The molecule has 1 saturated heterocycles. The van der Waals surface area contributed by atoms with E-state index in [4.69, 9.17) is 0 Å². The number of rotatable bonds is 8. The predicted molar refractivity (Wildman–Crippen MR) is 119 cm³/mol. The number of hydrogen-bond acceptors (Lipinski definition) is 5. The highest BCUT2D eigenvalue weighted by Gasteiger charge is 2.30. The summed E-state index contributed by atoms with van der Waals surface area (Å²) in [5, 5.41) is 9.78. The van der Waals surface area contributed by atoms with Crippen LogP contribution in [0.4, 0.5) is 0 Å². The maximum Gasteiger partial charge on any atom is 0.333 e. The first-order valence-corrected chi connectivity index (χ1v) is 11.5. The van der Waals surface area contributed by atoms with Crippen LogP contribution in [0.25, 0.3) is 11.2 Å². The van der Waals surface area contributed by atoms with Gasteiger partial charge in [0.25, 0.3) is 5.56 Å². The summed E-state index contributed by atoms with van der Waals surface area (Å²) in [6, 6.07) is 0.175. The molecule has 9 heteroatoms. The van der Waals surface area contributed by atoms with Gasteiger partial charge in [0.05, 0.1) is 0 Å². The lowest BCUT2D eigenvalue weighted by molar-refractivity contribution is -0.138. The summed E-state index contributed by atoms with van der Waals surface area (Å²) < 4.78 is 4.23. The van der Waals surface area contributed by atoms with Crippen molar-refractivity contribution in [1.82, 2.24) is 23.6 Å². The van der Waals surface area contributed by atoms with E-state index in [0.717, 1.165) is 43.1 Å². The molecule has 3 rings (SSSR count). The fraction of sp³-hybridized carbons (Fsp3) is 0.727. The monoisotopic (exact) mass is 433 g/mol. The van der Waals surface area contributed by atoms with Crippen LogP contribution in [0, 0.1) is 0 Å². The minimum atomic E-state index is -0.515. The highest BCUT2D eigenvalue weighted by atomic mass is 16.3. The fourth-order valence-electron chi connectivity index (χ4n) is 4.71. The zero-order valence-electron chi connectivity index (χ0n) is 19.1. The lowest BCUT2D eigenvalue weighted by Crippen LogP contribution is -2.51. The average molecular weight is 434 g/mol. The highest BCUT2D eigenvalue weighted by Crippen LogP contribution is 2.22. The first-order valence-electron chi connectivity index (χ1n) is 11.5. The number of aromatic nitrogens is 4. The summed E-state index contributed by atoms with van der Waals surface area (Å²) in [5.41, 5.74) is -0.445. The molecule has 31 heavy (non-hydrogen) atoms. The molecule has 1 amide bonds. The Balaban J connectivity index is 2.16. The van der Waals surface area contributed by atoms with E-state index in [0.29, 0.717) is 24.6 Å². The third-order valence-electron chi connectivity index (χ3n) is 6.29.